The fourth-order valence-corrected chi connectivity index (χ4v) is 3.49. The van der Waals surface area contributed by atoms with Gasteiger partial charge in [0.2, 0.25) is 0 Å². The molecular weight excluding hydrogens is 342 g/mol. The van der Waals surface area contributed by atoms with Gasteiger partial charge in [0.15, 0.2) is 5.78 Å². The lowest BCUT2D eigenvalue weighted by Crippen LogP contribution is -2.38. The first-order valence-corrected chi connectivity index (χ1v) is 9.26. The van der Waals surface area contributed by atoms with E-state index in [9.17, 15) is 13.2 Å². The summed E-state index contributed by atoms with van der Waals surface area (Å²) in [5.74, 6) is -0.648. The van der Waals surface area contributed by atoms with Gasteiger partial charge in [-0.05, 0) is 37.1 Å². The Labute approximate surface area is 147 Å². The molecule has 0 spiro atoms. The Bertz CT molecular complexity index is 801. The van der Waals surface area contributed by atoms with Crippen molar-refractivity contribution in [3.8, 4) is 11.1 Å². The minimum atomic E-state index is -4.02. The molecule has 0 saturated carbocycles. The van der Waals surface area contributed by atoms with Gasteiger partial charge in [-0.1, -0.05) is 46.9 Å². The summed E-state index contributed by atoms with van der Waals surface area (Å²) in [6.07, 6.45) is -0.440. The number of sulfonamides is 1. The third-order valence-electron chi connectivity index (χ3n) is 3.34. The fourth-order valence-electron chi connectivity index (χ4n) is 2.18. The van der Waals surface area contributed by atoms with Gasteiger partial charge >= 0.3 is 0 Å². The zero-order valence-corrected chi connectivity index (χ0v) is 14.9. The SMILES string of the molecule is CC(C)ON(CC(=O)CO)S(=O)(=O)c1ccc(-c2ccccc2)cc1. The van der Waals surface area contributed by atoms with Crippen molar-refractivity contribution in [2.24, 2.45) is 0 Å². The minimum Gasteiger partial charge on any atom is -0.389 e. The summed E-state index contributed by atoms with van der Waals surface area (Å²) in [7, 11) is -4.02. The third-order valence-corrected chi connectivity index (χ3v) is 4.96. The van der Waals surface area contributed by atoms with Gasteiger partial charge < -0.3 is 5.11 Å². The largest absolute Gasteiger partial charge is 0.389 e. The molecule has 0 fully saturated rings. The van der Waals surface area contributed by atoms with Crippen LogP contribution >= 0.6 is 0 Å². The molecule has 2 aromatic carbocycles. The molecule has 6 nitrogen and oxygen atoms in total. The fraction of sp³-hybridized carbons (Fsp3) is 0.278. The lowest BCUT2D eigenvalue weighted by atomic mass is 10.1. The highest BCUT2D eigenvalue weighted by atomic mass is 32.2. The molecule has 2 rings (SSSR count). The average molecular weight is 363 g/mol. The molecule has 1 N–H and O–H groups in total. The summed E-state index contributed by atoms with van der Waals surface area (Å²) in [6, 6.07) is 15.9. The number of benzene rings is 2. The molecule has 0 aliphatic carbocycles. The summed E-state index contributed by atoms with van der Waals surface area (Å²) in [4.78, 5) is 16.8. The van der Waals surface area contributed by atoms with Gasteiger partial charge in [-0.25, -0.2) is 8.42 Å². The van der Waals surface area contributed by atoms with Gasteiger partial charge in [-0.2, -0.15) is 0 Å². The van der Waals surface area contributed by atoms with E-state index in [2.05, 4.69) is 0 Å². The van der Waals surface area contributed by atoms with E-state index in [1.807, 2.05) is 30.3 Å². The van der Waals surface area contributed by atoms with Crippen LogP contribution in [-0.2, 0) is 19.7 Å². The molecule has 0 bridgehead atoms. The van der Waals surface area contributed by atoms with Crippen LogP contribution in [0.5, 0.6) is 0 Å². The molecular formula is C18H21NO5S. The van der Waals surface area contributed by atoms with E-state index in [4.69, 9.17) is 9.94 Å². The zero-order chi connectivity index (χ0) is 18.4. The predicted molar refractivity (Wildman–Crippen MR) is 94.1 cm³/mol. The standard InChI is InChI=1S/C18H21NO5S/c1-14(2)24-19(12-17(21)13-20)25(22,23)18-10-8-16(9-11-18)15-6-4-3-5-7-15/h3-11,14,20H,12-13H2,1-2H3. The molecule has 0 saturated heterocycles. The first-order valence-electron chi connectivity index (χ1n) is 7.82. The van der Waals surface area contributed by atoms with Crippen LogP contribution in [0.4, 0.5) is 0 Å². The lowest BCUT2D eigenvalue weighted by Gasteiger charge is -2.22. The van der Waals surface area contributed by atoms with Crippen LogP contribution in [-0.4, -0.2) is 43.0 Å². The summed E-state index contributed by atoms with van der Waals surface area (Å²) >= 11 is 0. The van der Waals surface area contributed by atoms with E-state index in [-0.39, 0.29) is 4.90 Å². The Balaban J connectivity index is 2.31. The quantitative estimate of drug-likeness (QED) is 0.727. The second kappa shape index (κ2) is 8.35. The van der Waals surface area contributed by atoms with Gasteiger partial charge in [0, 0.05) is 0 Å². The van der Waals surface area contributed by atoms with Crippen molar-refractivity contribution in [1.29, 1.82) is 0 Å². The van der Waals surface area contributed by atoms with Crippen LogP contribution in [0.2, 0.25) is 0 Å². The molecule has 0 heterocycles. The zero-order valence-electron chi connectivity index (χ0n) is 14.1. The van der Waals surface area contributed by atoms with Crippen molar-refractivity contribution in [3.63, 3.8) is 0 Å². The minimum absolute atomic E-state index is 0.0126. The van der Waals surface area contributed by atoms with Crippen molar-refractivity contribution in [3.05, 3.63) is 54.6 Å². The molecule has 0 atom stereocenters. The number of carbonyl (C=O) groups excluding carboxylic acids is 1. The topological polar surface area (TPSA) is 83.9 Å². The number of aliphatic hydroxyl groups is 1. The molecule has 0 aromatic heterocycles. The van der Waals surface area contributed by atoms with Crippen LogP contribution in [0.1, 0.15) is 13.8 Å². The number of rotatable bonds is 8. The summed E-state index contributed by atoms with van der Waals surface area (Å²) in [6.45, 7) is 2.02. The summed E-state index contributed by atoms with van der Waals surface area (Å²) in [5.41, 5.74) is 1.85. The van der Waals surface area contributed by atoms with E-state index in [0.29, 0.717) is 4.47 Å². The van der Waals surface area contributed by atoms with Crippen LogP contribution in [0.15, 0.2) is 59.5 Å². The number of hydroxylamine groups is 1. The molecule has 0 amide bonds. The highest BCUT2D eigenvalue weighted by Gasteiger charge is 2.28. The van der Waals surface area contributed by atoms with E-state index in [1.54, 1.807) is 26.0 Å². The Hall–Kier alpha value is -2.06. The predicted octanol–water partition coefficient (Wildman–Crippen LogP) is 2.25. The van der Waals surface area contributed by atoms with Crippen LogP contribution in [0, 0.1) is 0 Å². The summed E-state index contributed by atoms with van der Waals surface area (Å²) in [5, 5.41) is 8.89. The molecule has 0 radical (unpaired) electrons. The molecule has 25 heavy (non-hydrogen) atoms. The number of Topliss-reactive ketones (excluding diaryl/α,β-unsaturated/α-hetero) is 1. The number of nitrogens with zero attached hydrogens (tertiary/aromatic N) is 1. The Kier molecular flexibility index (Phi) is 6.44. The van der Waals surface area contributed by atoms with Crippen LogP contribution in [0.3, 0.4) is 0 Å². The van der Waals surface area contributed by atoms with Gasteiger partial charge in [0.25, 0.3) is 10.0 Å². The number of carbonyl (C=O) groups is 1. The van der Waals surface area contributed by atoms with Gasteiger partial charge in [-0.15, -0.1) is 0 Å². The Morgan fingerprint density at radius 3 is 2.12 bits per heavy atom. The monoisotopic (exact) mass is 363 g/mol. The maximum Gasteiger partial charge on any atom is 0.265 e. The van der Waals surface area contributed by atoms with E-state index < -0.39 is 35.1 Å². The average Bonchev–Trinajstić information content (AvgIpc) is 2.61. The molecule has 134 valence electrons. The van der Waals surface area contributed by atoms with Crippen LogP contribution in [0.25, 0.3) is 11.1 Å². The molecule has 0 unspecified atom stereocenters. The highest BCUT2D eigenvalue weighted by Crippen LogP contribution is 2.23. The number of ketones is 1. The van der Waals surface area contributed by atoms with Gasteiger partial charge in [0.1, 0.15) is 13.2 Å². The number of hydrogen-bond acceptors (Lipinski definition) is 5. The molecule has 0 aliphatic heterocycles. The van der Waals surface area contributed by atoms with Crippen LogP contribution < -0.4 is 0 Å². The number of hydrogen-bond donors (Lipinski definition) is 1. The van der Waals surface area contributed by atoms with Crippen molar-refractivity contribution in [2.45, 2.75) is 24.8 Å². The maximum atomic E-state index is 12.7. The molecule has 2 aromatic rings. The van der Waals surface area contributed by atoms with Crippen molar-refractivity contribution < 1.29 is 23.2 Å². The third kappa shape index (κ3) is 4.96. The smallest absolute Gasteiger partial charge is 0.265 e. The van der Waals surface area contributed by atoms with Crippen molar-refractivity contribution >= 4 is 15.8 Å². The Morgan fingerprint density at radius 2 is 1.60 bits per heavy atom. The first kappa shape index (κ1) is 19.3. The normalized spacial score (nSPS) is 11.9. The second-order valence-electron chi connectivity index (χ2n) is 5.71. The number of aliphatic hydroxyl groups excluding tert-OH is 1. The summed E-state index contributed by atoms with van der Waals surface area (Å²) < 4.78 is 26.1. The van der Waals surface area contributed by atoms with Crippen molar-refractivity contribution in [2.75, 3.05) is 13.2 Å². The maximum absolute atomic E-state index is 12.7. The molecule has 0 aliphatic rings. The van der Waals surface area contributed by atoms with E-state index in [1.165, 1.54) is 12.1 Å². The van der Waals surface area contributed by atoms with Gasteiger partial charge in [0.05, 0.1) is 11.0 Å². The molecule has 7 heteroatoms. The van der Waals surface area contributed by atoms with E-state index in [0.717, 1.165) is 11.1 Å². The van der Waals surface area contributed by atoms with Gasteiger partial charge in [-0.3, -0.25) is 9.63 Å². The van der Waals surface area contributed by atoms with Crippen molar-refractivity contribution in [1.82, 2.24) is 4.47 Å². The highest BCUT2D eigenvalue weighted by molar-refractivity contribution is 7.89. The lowest BCUT2D eigenvalue weighted by molar-refractivity contribution is -0.143. The first-order chi connectivity index (χ1) is 11.8. The Morgan fingerprint density at radius 1 is 1.04 bits per heavy atom. The second-order valence-corrected chi connectivity index (χ2v) is 7.54. The van der Waals surface area contributed by atoms with E-state index >= 15 is 0 Å².